The number of nitrogens with one attached hydrogen (secondary N) is 2. The molecule has 1 fully saturated rings. The zero-order valence-corrected chi connectivity index (χ0v) is 20.2. The third-order valence-corrected chi connectivity index (χ3v) is 5.97. The maximum Gasteiger partial charge on any atom is 0.251 e. The van der Waals surface area contributed by atoms with Crippen LogP contribution in [0.25, 0.3) is 0 Å². The lowest BCUT2D eigenvalue weighted by Gasteiger charge is -2.30. The van der Waals surface area contributed by atoms with Gasteiger partial charge in [0.05, 0.1) is 0 Å². The highest BCUT2D eigenvalue weighted by Gasteiger charge is 2.24. The Morgan fingerprint density at radius 2 is 1.54 bits per heavy atom. The number of anilines is 3. The molecule has 0 atom stereocenters. The van der Waals surface area contributed by atoms with Gasteiger partial charge in [0.25, 0.3) is 5.91 Å². The molecule has 186 valence electrons. The zero-order chi connectivity index (χ0) is 24.2. The van der Waals surface area contributed by atoms with Crippen molar-refractivity contribution in [1.82, 2.24) is 15.3 Å². The van der Waals surface area contributed by atoms with Crippen LogP contribution in [0, 0.1) is 24.4 Å². The van der Waals surface area contributed by atoms with Crippen LogP contribution in [0.15, 0.2) is 48.5 Å². The standard InChI is InChI=1S/C25H26F3N5O.ClH/c1-15-29-22(14-23(30-15)33(2)19-6-4-3-5-7-19)31-17-8-10-18(11-9-17)32-25(34)16-12-20(26)24(28)21(27)13-16;/h3-7,12-14,17-18H,8-11H2,1-2H3,(H,32,34)(H,29,30,31);1H. The number of rotatable bonds is 6. The summed E-state index contributed by atoms with van der Waals surface area (Å²) >= 11 is 0. The van der Waals surface area contributed by atoms with Crippen LogP contribution in [0.4, 0.5) is 30.5 Å². The fraction of sp³-hybridized carbons (Fsp3) is 0.320. The molecule has 1 amide bonds. The lowest BCUT2D eigenvalue weighted by atomic mass is 9.91. The van der Waals surface area contributed by atoms with Crippen molar-refractivity contribution in [2.75, 3.05) is 17.3 Å². The van der Waals surface area contributed by atoms with Gasteiger partial charge in [0.1, 0.15) is 17.5 Å². The second kappa shape index (κ2) is 11.4. The summed E-state index contributed by atoms with van der Waals surface area (Å²) in [7, 11) is 1.95. The van der Waals surface area contributed by atoms with E-state index in [1.54, 1.807) is 0 Å². The Morgan fingerprint density at radius 3 is 2.17 bits per heavy atom. The van der Waals surface area contributed by atoms with E-state index in [2.05, 4.69) is 20.6 Å². The fourth-order valence-corrected chi connectivity index (χ4v) is 4.13. The molecule has 0 spiro atoms. The molecule has 1 aromatic heterocycles. The lowest BCUT2D eigenvalue weighted by molar-refractivity contribution is 0.0925. The Hall–Kier alpha value is -3.33. The van der Waals surface area contributed by atoms with Gasteiger partial charge in [-0.15, -0.1) is 12.4 Å². The molecule has 1 aliphatic rings. The third kappa shape index (κ3) is 6.42. The molecule has 35 heavy (non-hydrogen) atoms. The minimum atomic E-state index is -1.58. The van der Waals surface area contributed by atoms with Crippen molar-refractivity contribution >= 4 is 35.6 Å². The summed E-state index contributed by atoms with van der Waals surface area (Å²) in [5.41, 5.74) is 0.784. The van der Waals surface area contributed by atoms with E-state index in [4.69, 9.17) is 0 Å². The summed E-state index contributed by atoms with van der Waals surface area (Å²) in [5, 5.41) is 6.25. The molecule has 4 rings (SSSR count). The van der Waals surface area contributed by atoms with Crippen LogP contribution in [0.1, 0.15) is 41.9 Å². The van der Waals surface area contributed by atoms with Crippen molar-refractivity contribution in [2.24, 2.45) is 0 Å². The molecular weight excluding hydrogens is 479 g/mol. The molecule has 1 heterocycles. The van der Waals surface area contributed by atoms with E-state index in [0.717, 1.165) is 30.2 Å². The van der Waals surface area contributed by atoms with E-state index in [1.807, 2.05) is 55.3 Å². The molecule has 0 aliphatic heterocycles. The Bertz CT molecular complexity index is 1150. The topological polar surface area (TPSA) is 70.2 Å². The van der Waals surface area contributed by atoms with Gasteiger partial charge >= 0.3 is 0 Å². The molecule has 0 unspecified atom stereocenters. The van der Waals surface area contributed by atoms with Gasteiger partial charge in [-0.25, -0.2) is 23.1 Å². The molecule has 1 saturated carbocycles. The number of carbonyl (C=O) groups excluding carboxylic acids is 1. The van der Waals surface area contributed by atoms with Crippen LogP contribution in [-0.2, 0) is 0 Å². The Labute approximate surface area is 208 Å². The first-order valence-electron chi connectivity index (χ1n) is 11.2. The molecule has 2 aromatic carbocycles. The van der Waals surface area contributed by atoms with Crippen LogP contribution in [0.5, 0.6) is 0 Å². The molecule has 2 N–H and O–H groups in total. The first kappa shape index (κ1) is 26.3. The predicted molar refractivity (Wildman–Crippen MR) is 132 cm³/mol. The third-order valence-electron chi connectivity index (χ3n) is 5.97. The zero-order valence-electron chi connectivity index (χ0n) is 19.4. The maximum absolute atomic E-state index is 13.4. The van der Waals surface area contributed by atoms with Crippen molar-refractivity contribution in [3.05, 3.63) is 77.4 Å². The monoisotopic (exact) mass is 505 g/mol. The van der Waals surface area contributed by atoms with Crippen molar-refractivity contribution in [3.63, 3.8) is 0 Å². The average Bonchev–Trinajstić information content (AvgIpc) is 2.83. The number of nitrogens with zero attached hydrogens (tertiary/aromatic N) is 3. The van der Waals surface area contributed by atoms with E-state index in [-0.39, 0.29) is 30.1 Å². The number of benzene rings is 2. The van der Waals surface area contributed by atoms with E-state index in [1.165, 1.54) is 0 Å². The normalized spacial score (nSPS) is 17.3. The lowest BCUT2D eigenvalue weighted by Crippen LogP contribution is -2.40. The number of aromatic nitrogens is 2. The van der Waals surface area contributed by atoms with Gasteiger partial charge in [0.15, 0.2) is 17.5 Å². The second-order valence-corrected chi connectivity index (χ2v) is 8.47. The number of hydrogen-bond donors (Lipinski definition) is 2. The van der Waals surface area contributed by atoms with Gasteiger partial charge < -0.3 is 15.5 Å². The quantitative estimate of drug-likeness (QED) is 0.430. The summed E-state index contributed by atoms with van der Waals surface area (Å²) < 4.78 is 40.0. The van der Waals surface area contributed by atoms with Crippen molar-refractivity contribution < 1.29 is 18.0 Å². The minimum Gasteiger partial charge on any atom is -0.367 e. The molecule has 10 heteroatoms. The van der Waals surface area contributed by atoms with Crippen molar-refractivity contribution in [3.8, 4) is 0 Å². The first-order valence-corrected chi connectivity index (χ1v) is 11.2. The van der Waals surface area contributed by atoms with Gasteiger partial charge in [-0.3, -0.25) is 4.79 Å². The maximum atomic E-state index is 13.4. The molecule has 0 radical (unpaired) electrons. The first-order chi connectivity index (χ1) is 16.3. The largest absolute Gasteiger partial charge is 0.367 e. The highest BCUT2D eigenvalue weighted by Crippen LogP contribution is 2.26. The van der Waals surface area contributed by atoms with Gasteiger partial charge in [-0.2, -0.15) is 0 Å². The highest BCUT2D eigenvalue weighted by molar-refractivity contribution is 5.94. The predicted octanol–water partition coefficient (Wildman–Crippen LogP) is 5.55. The highest BCUT2D eigenvalue weighted by atomic mass is 35.5. The average molecular weight is 506 g/mol. The van der Waals surface area contributed by atoms with Crippen molar-refractivity contribution in [2.45, 2.75) is 44.7 Å². The summed E-state index contributed by atoms with van der Waals surface area (Å²) in [6.07, 6.45) is 2.95. The summed E-state index contributed by atoms with van der Waals surface area (Å²) in [5.74, 6) is -2.79. The van der Waals surface area contributed by atoms with Crippen LogP contribution < -0.4 is 15.5 Å². The van der Waals surface area contributed by atoms with Crippen LogP contribution in [-0.4, -0.2) is 35.0 Å². The van der Waals surface area contributed by atoms with Crippen LogP contribution >= 0.6 is 12.4 Å². The molecule has 0 saturated heterocycles. The summed E-state index contributed by atoms with van der Waals surface area (Å²) in [6, 6.07) is 13.3. The van der Waals surface area contributed by atoms with E-state index in [0.29, 0.717) is 30.8 Å². The number of carbonyl (C=O) groups is 1. The van der Waals surface area contributed by atoms with Gasteiger partial charge in [-0.1, -0.05) is 18.2 Å². The molecule has 6 nitrogen and oxygen atoms in total. The molecular formula is C25H27ClF3N5O. The van der Waals surface area contributed by atoms with Crippen LogP contribution in [0.3, 0.4) is 0 Å². The Balaban J connectivity index is 0.00000342. The minimum absolute atomic E-state index is 0. The van der Waals surface area contributed by atoms with E-state index < -0.39 is 23.4 Å². The fourth-order valence-electron chi connectivity index (χ4n) is 4.13. The number of hydrogen-bond acceptors (Lipinski definition) is 5. The van der Waals surface area contributed by atoms with Crippen molar-refractivity contribution in [1.29, 1.82) is 0 Å². The SMILES string of the molecule is Cc1nc(NC2CCC(NC(=O)c3cc(F)c(F)c(F)c3)CC2)cc(N(C)c2ccccc2)n1.Cl. The van der Waals surface area contributed by atoms with E-state index in [9.17, 15) is 18.0 Å². The number of halogens is 4. The number of aryl methyl sites for hydroxylation is 1. The number of para-hydroxylation sites is 1. The number of amides is 1. The van der Waals surface area contributed by atoms with Gasteiger partial charge in [-0.05, 0) is 56.9 Å². The molecule has 1 aliphatic carbocycles. The van der Waals surface area contributed by atoms with Gasteiger partial charge in [0.2, 0.25) is 0 Å². The molecule has 0 bridgehead atoms. The summed E-state index contributed by atoms with van der Waals surface area (Å²) in [4.78, 5) is 23.4. The second-order valence-electron chi connectivity index (χ2n) is 8.47. The Kier molecular flexibility index (Phi) is 8.56. The van der Waals surface area contributed by atoms with Crippen LogP contribution in [0.2, 0.25) is 0 Å². The summed E-state index contributed by atoms with van der Waals surface area (Å²) in [6.45, 7) is 1.85. The van der Waals surface area contributed by atoms with Gasteiger partial charge in [0, 0.05) is 36.4 Å². The smallest absolute Gasteiger partial charge is 0.251 e. The van der Waals surface area contributed by atoms with E-state index >= 15 is 0 Å². The molecule has 3 aromatic rings. The Morgan fingerprint density at radius 1 is 0.943 bits per heavy atom.